The lowest BCUT2D eigenvalue weighted by Gasteiger charge is -2.29. The Morgan fingerprint density at radius 3 is 2.78 bits per heavy atom. The molecule has 124 valence electrons. The van der Waals surface area contributed by atoms with Gasteiger partial charge in [-0.25, -0.2) is 5.48 Å². The number of ether oxygens (including phenoxy) is 1. The van der Waals surface area contributed by atoms with Crippen molar-refractivity contribution in [3.8, 4) is 11.8 Å². The highest BCUT2D eigenvalue weighted by molar-refractivity contribution is 5.71. The number of nitrogens with two attached hydrogens (primary N) is 1. The molecule has 1 saturated carbocycles. The van der Waals surface area contributed by atoms with Crippen LogP contribution in [0.25, 0.3) is 0 Å². The van der Waals surface area contributed by atoms with Crippen LogP contribution in [-0.4, -0.2) is 18.6 Å². The third kappa shape index (κ3) is 5.15. The Morgan fingerprint density at radius 2 is 2.13 bits per heavy atom. The Hall–Kier alpha value is -2.26. The summed E-state index contributed by atoms with van der Waals surface area (Å²) in [6.45, 7) is 1.96. The van der Waals surface area contributed by atoms with Gasteiger partial charge >= 0.3 is 0 Å². The molecule has 1 aromatic carbocycles. The van der Waals surface area contributed by atoms with Crippen LogP contribution >= 0.6 is 0 Å². The lowest BCUT2D eigenvalue weighted by atomic mass is 9.85. The topological polar surface area (TPSA) is 97.4 Å². The van der Waals surface area contributed by atoms with Crippen LogP contribution in [-0.2, 0) is 9.63 Å². The first kappa shape index (κ1) is 17.1. The number of hydroxylamine groups is 1. The molecule has 1 amide bonds. The van der Waals surface area contributed by atoms with Gasteiger partial charge in [0, 0.05) is 6.92 Å². The van der Waals surface area contributed by atoms with Crippen molar-refractivity contribution in [1.82, 2.24) is 5.48 Å². The molecule has 6 nitrogen and oxygen atoms in total. The SMILES string of the molecule is CC(=O)NOCCC1CCC(Oc2cccc(N)c2C#N)CC1. The molecule has 3 N–H and O–H groups in total. The molecule has 1 fully saturated rings. The van der Waals surface area contributed by atoms with E-state index in [0.29, 0.717) is 29.5 Å². The summed E-state index contributed by atoms with van der Waals surface area (Å²) >= 11 is 0. The van der Waals surface area contributed by atoms with E-state index in [1.807, 2.05) is 0 Å². The Bertz CT molecular complexity index is 575. The second kappa shape index (κ2) is 8.39. The summed E-state index contributed by atoms with van der Waals surface area (Å²) in [6.07, 6.45) is 5.05. The number of benzene rings is 1. The van der Waals surface area contributed by atoms with Crippen LogP contribution in [0.15, 0.2) is 18.2 Å². The van der Waals surface area contributed by atoms with Gasteiger partial charge in [0.1, 0.15) is 17.4 Å². The quantitative estimate of drug-likeness (QED) is 0.477. The molecule has 0 aromatic heterocycles. The molecule has 0 spiro atoms. The Morgan fingerprint density at radius 1 is 1.39 bits per heavy atom. The highest BCUT2D eigenvalue weighted by Gasteiger charge is 2.23. The van der Waals surface area contributed by atoms with E-state index in [9.17, 15) is 10.1 Å². The number of anilines is 1. The maximum Gasteiger partial charge on any atom is 0.240 e. The molecule has 0 aliphatic heterocycles. The van der Waals surface area contributed by atoms with Crippen molar-refractivity contribution in [3.63, 3.8) is 0 Å². The fourth-order valence-corrected chi connectivity index (χ4v) is 2.86. The van der Waals surface area contributed by atoms with Gasteiger partial charge in [0.25, 0.3) is 0 Å². The number of nitrogens with zero attached hydrogens (tertiary/aromatic N) is 1. The minimum absolute atomic E-state index is 0.122. The van der Waals surface area contributed by atoms with Crippen LogP contribution < -0.4 is 16.0 Å². The lowest BCUT2D eigenvalue weighted by Crippen LogP contribution is -2.26. The number of nitriles is 1. The minimum Gasteiger partial charge on any atom is -0.489 e. The van der Waals surface area contributed by atoms with Gasteiger partial charge in [-0.15, -0.1) is 0 Å². The highest BCUT2D eigenvalue weighted by atomic mass is 16.6. The van der Waals surface area contributed by atoms with E-state index in [-0.39, 0.29) is 12.0 Å². The van der Waals surface area contributed by atoms with Crippen molar-refractivity contribution in [3.05, 3.63) is 23.8 Å². The molecule has 1 aromatic rings. The van der Waals surface area contributed by atoms with Gasteiger partial charge in [-0.3, -0.25) is 9.63 Å². The first-order chi connectivity index (χ1) is 11.1. The van der Waals surface area contributed by atoms with Crippen LogP contribution in [0.2, 0.25) is 0 Å². The monoisotopic (exact) mass is 317 g/mol. The summed E-state index contributed by atoms with van der Waals surface area (Å²) in [5.74, 6) is 0.974. The van der Waals surface area contributed by atoms with Gasteiger partial charge in [0.05, 0.1) is 18.4 Å². The Kier molecular flexibility index (Phi) is 6.24. The smallest absolute Gasteiger partial charge is 0.240 e. The minimum atomic E-state index is -0.183. The van der Waals surface area contributed by atoms with E-state index >= 15 is 0 Å². The van der Waals surface area contributed by atoms with Crippen LogP contribution in [0.5, 0.6) is 5.75 Å². The molecule has 0 heterocycles. The molecule has 1 aliphatic rings. The van der Waals surface area contributed by atoms with Crippen LogP contribution in [0.1, 0.15) is 44.6 Å². The highest BCUT2D eigenvalue weighted by Crippen LogP contribution is 2.31. The molecule has 1 aliphatic carbocycles. The van der Waals surface area contributed by atoms with Crippen molar-refractivity contribution in [2.45, 2.75) is 45.1 Å². The lowest BCUT2D eigenvalue weighted by molar-refractivity contribution is -0.131. The molecule has 0 saturated heterocycles. The van der Waals surface area contributed by atoms with Gasteiger partial charge in [0.2, 0.25) is 5.91 Å². The number of hydrogen-bond acceptors (Lipinski definition) is 5. The fourth-order valence-electron chi connectivity index (χ4n) is 2.86. The van der Waals surface area contributed by atoms with Gasteiger partial charge in [-0.05, 0) is 50.2 Å². The maximum absolute atomic E-state index is 10.7. The van der Waals surface area contributed by atoms with Gasteiger partial charge in [0.15, 0.2) is 0 Å². The average Bonchev–Trinajstić information content (AvgIpc) is 2.53. The largest absolute Gasteiger partial charge is 0.489 e. The summed E-state index contributed by atoms with van der Waals surface area (Å²) in [4.78, 5) is 15.8. The van der Waals surface area contributed by atoms with Crippen molar-refractivity contribution in [2.24, 2.45) is 5.92 Å². The molecular formula is C17H23N3O3. The second-order valence-corrected chi connectivity index (χ2v) is 5.89. The van der Waals surface area contributed by atoms with Crippen molar-refractivity contribution in [1.29, 1.82) is 5.26 Å². The van der Waals surface area contributed by atoms with E-state index in [2.05, 4.69) is 11.5 Å². The van der Waals surface area contributed by atoms with Crippen LogP contribution in [0.4, 0.5) is 5.69 Å². The summed E-state index contributed by atoms with van der Waals surface area (Å²) < 4.78 is 5.97. The molecule has 6 heteroatoms. The maximum atomic E-state index is 10.7. The molecule has 0 unspecified atom stereocenters. The number of nitrogen functional groups attached to an aromatic ring is 1. The summed E-state index contributed by atoms with van der Waals surface area (Å²) in [5, 5.41) is 9.18. The number of carbonyl (C=O) groups is 1. The summed E-state index contributed by atoms with van der Waals surface area (Å²) in [7, 11) is 0. The predicted octanol–water partition coefficient (Wildman–Crippen LogP) is 2.54. The number of amides is 1. The zero-order chi connectivity index (χ0) is 16.7. The van der Waals surface area contributed by atoms with Gasteiger partial charge in [-0.2, -0.15) is 5.26 Å². The van der Waals surface area contributed by atoms with E-state index < -0.39 is 0 Å². The third-order valence-electron chi connectivity index (χ3n) is 4.10. The fraction of sp³-hybridized carbons (Fsp3) is 0.529. The zero-order valence-corrected chi connectivity index (χ0v) is 13.4. The zero-order valence-electron chi connectivity index (χ0n) is 13.4. The Balaban J connectivity index is 1.76. The first-order valence-corrected chi connectivity index (χ1v) is 7.93. The Labute approximate surface area is 136 Å². The number of nitrogens with one attached hydrogen (secondary N) is 1. The van der Waals surface area contributed by atoms with E-state index in [1.54, 1.807) is 18.2 Å². The van der Waals surface area contributed by atoms with Gasteiger partial charge < -0.3 is 10.5 Å². The third-order valence-corrected chi connectivity index (χ3v) is 4.10. The molecule has 0 atom stereocenters. The predicted molar refractivity (Wildman–Crippen MR) is 86.3 cm³/mol. The first-order valence-electron chi connectivity index (χ1n) is 7.93. The van der Waals surface area contributed by atoms with Crippen molar-refractivity contribution < 1.29 is 14.4 Å². The number of carbonyl (C=O) groups excluding carboxylic acids is 1. The van der Waals surface area contributed by atoms with Crippen LogP contribution in [0, 0.1) is 17.2 Å². The standard InChI is InChI=1S/C17H23N3O3/c1-12(21)20-22-10-9-13-5-7-14(8-6-13)23-17-4-2-3-16(19)15(17)11-18/h2-4,13-14H,5-10,19H2,1H3,(H,20,21). The van der Waals surface area contributed by atoms with E-state index in [4.69, 9.17) is 15.3 Å². The summed E-state index contributed by atoms with van der Waals surface area (Å²) in [6, 6.07) is 7.41. The van der Waals surface area contributed by atoms with E-state index in [1.165, 1.54) is 6.92 Å². The normalized spacial score (nSPS) is 20.5. The molecule has 2 rings (SSSR count). The molecule has 23 heavy (non-hydrogen) atoms. The summed E-state index contributed by atoms with van der Waals surface area (Å²) in [5.41, 5.74) is 9.01. The number of hydrogen-bond donors (Lipinski definition) is 2. The molecule has 0 bridgehead atoms. The second-order valence-electron chi connectivity index (χ2n) is 5.89. The van der Waals surface area contributed by atoms with Crippen molar-refractivity contribution in [2.75, 3.05) is 12.3 Å². The molecule has 0 radical (unpaired) electrons. The van der Waals surface area contributed by atoms with Gasteiger partial charge in [-0.1, -0.05) is 6.07 Å². The average molecular weight is 317 g/mol. The van der Waals surface area contributed by atoms with E-state index in [0.717, 1.165) is 32.1 Å². The number of rotatable bonds is 6. The van der Waals surface area contributed by atoms with Crippen LogP contribution in [0.3, 0.4) is 0 Å². The van der Waals surface area contributed by atoms with Crippen molar-refractivity contribution >= 4 is 11.6 Å². The molecular weight excluding hydrogens is 294 g/mol.